The number of carbonyl (C=O) groups is 1. The molecule has 5 heteroatoms. The van der Waals surface area contributed by atoms with E-state index in [4.69, 9.17) is 9.78 Å². The number of methoxy groups -OCH3 is 1. The van der Waals surface area contributed by atoms with E-state index in [0.717, 1.165) is 0 Å². The molecule has 1 heterocycles. The van der Waals surface area contributed by atoms with E-state index < -0.39 is 5.97 Å². The van der Waals surface area contributed by atoms with Crippen LogP contribution in [0, 0.1) is 18.3 Å². The second-order valence-corrected chi connectivity index (χ2v) is 2.52. The first-order chi connectivity index (χ1) is 6.67. The fourth-order valence-corrected chi connectivity index (χ4v) is 0.848. The topological polar surface area (TPSA) is 76.1 Å². The zero-order valence-corrected chi connectivity index (χ0v) is 7.77. The summed E-state index contributed by atoms with van der Waals surface area (Å²) in [6.45, 7) is 1.72. The van der Waals surface area contributed by atoms with E-state index in [-0.39, 0.29) is 5.57 Å². The van der Waals surface area contributed by atoms with Crippen LogP contribution in [0.25, 0.3) is 6.08 Å². The number of hydrogen-bond donors (Lipinski definition) is 0. The number of nitriles is 1. The summed E-state index contributed by atoms with van der Waals surface area (Å²) >= 11 is 0. The molecule has 0 aliphatic heterocycles. The lowest BCUT2D eigenvalue weighted by Crippen LogP contribution is -2.02. The van der Waals surface area contributed by atoms with Crippen molar-refractivity contribution in [3.05, 3.63) is 23.1 Å². The second kappa shape index (κ2) is 4.23. The first kappa shape index (κ1) is 9.99. The van der Waals surface area contributed by atoms with Crippen LogP contribution < -0.4 is 0 Å². The highest BCUT2D eigenvalue weighted by molar-refractivity contribution is 5.97. The summed E-state index contributed by atoms with van der Waals surface area (Å²) in [7, 11) is 1.21. The van der Waals surface area contributed by atoms with Gasteiger partial charge in [-0.2, -0.15) is 5.26 Å². The fraction of sp³-hybridized carbons (Fsp3) is 0.222. The predicted octanol–water partition coefficient (Wildman–Crippen LogP) is 1.06. The van der Waals surface area contributed by atoms with E-state index in [9.17, 15) is 4.79 Å². The van der Waals surface area contributed by atoms with E-state index in [1.54, 1.807) is 19.1 Å². The lowest BCUT2D eigenvalue weighted by atomic mass is 10.2. The van der Waals surface area contributed by atoms with Gasteiger partial charge < -0.3 is 9.26 Å². The molecule has 0 fully saturated rings. The van der Waals surface area contributed by atoms with E-state index in [2.05, 4.69) is 9.89 Å². The number of ether oxygens (including phenoxy) is 1. The molecular weight excluding hydrogens is 184 g/mol. The fourth-order valence-electron chi connectivity index (χ4n) is 0.848. The van der Waals surface area contributed by atoms with Gasteiger partial charge in [0, 0.05) is 6.07 Å². The van der Waals surface area contributed by atoms with Crippen molar-refractivity contribution < 1.29 is 14.1 Å². The van der Waals surface area contributed by atoms with E-state index in [0.29, 0.717) is 11.5 Å². The van der Waals surface area contributed by atoms with Gasteiger partial charge in [-0.3, -0.25) is 0 Å². The van der Waals surface area contributed by atoms with Crippen molar-refractivity contribution in [2.75, 3.05) is 7.11 Å². The summed E-state index contributed by atoms with van der Waals surface area (Å²) in [5.41, 5.74) is 0.310. The number of aryl methyl sites for hydroxylation is 1. The zero-order valence-electron chi connectivity index (χ0n) is 7.77. The van der Waals surface area contributed by atoms with Crippen LogP contribution in [0.1, 0.15) is 11.5 Å². The minimum Gasteiger partial charge on any atom is -0.465 e. The standard InChI is InChI=1S/C9H8N2O3/c1-6-3-8(11-14-6)4-7(5-10)9(12)13-2/h3-4H,1-2H3/b7-4-. The molecule has 0 N–H and O–H groups in total. The van der Waals surface area contributed by atoms with Crippen LogP contribution in [0.3, 0.4) is 0 Å². The Labute approximate surface area is 80.6 Å². The van der Waals surface area contributed by atoms with Gasteiger partial charge in [0.1, 0.15) is 23.1 Å². The van der Waals surface area contributed by atoms with E-state index >= 15 is 0 Å². The maximum atomic E-state index is 11.0. The summed E-state index contributed by atoms with van der Waals surface area (Å²) in [5.74, 6) is -0.0773. The van der Waals surface area contributed by atoms with Crippen molar-refractivity contribution in [1.29, 1.82) is 5.26 Å². The number of rotatable bonds is 2. The molecule has 0 radical (unpaired) electrons. The third-order valence-corrected chi connectivity index (χ3v) is 1.46. The molecule has 1 aromatic rings. The molecule has 1 aromatic heterocycles. The third kappa shape index (κ3) is 2.20. The maximum absolute atomic E-state index is 11.0. The number of aromatic nitrogens is 1. The summed E-state index contributed by atoms with van der Waals surface area (Å²) in [6, 6.07) is 3.33. The van der Waals surface area contributed by atoms with Crippen molar-refractivity contribution in [2.45, 2.75) is 6.92 Å². The molecule has 0 saturated carbocycles. The highest BCUT2D eigenvalue weighted by Gasteiger charge is 2.09. The number of carbonyl (C=O) groups excluding carboxylic acids is 1. The van der Waals surface area contributed by atoms with E-state index in [1.807, 2.05) is 0 Å². The number of nitrogens with zero attached hydrogens (tertiary/aromatic N) is 2. The van der Waals surface area contributed by atoms with Gasteiger partial charge >= 0.3 is 5.97 Å². The molecule has 0 amide bonds. The Morgan fingerprint density at radius 2 is 2.50 bits per heavy atom. The molecule has 0 bridgehead atoms. The summed E-state index contributed by atoms with van der Waals surface area (Å²) < 4.78 is 9.16. The first-order valence-electron chi connectivity index (χ1n) is 3.81. The number of esters is 1. The molecule has 0 aliphatic carbocycles. The van der Waals surface area contributed by atoms with Gasteiger partial charge in [-0.1, -0.05) is 5.16 Å². The average Bonchev–Trinajstić information content (AvgIpc) is 2.59. The molecule has 0 spiro atoms. The molecular formula is C9H8N2O3. The van der Waals surface area contributed by atoms with Crippen molar-refractivity contribution in [2.24, 2.45) is 0 Å². The zero-order chi connectivity index (χ0) is 10.6. The Kier molecular flexibility index (Phi) is 3.02. The minimum absolute atomic E-state index is 0.110. The monoisotopic (exact) mass is 192 g/mol. The van der Waals surface area contributed by atoms with Gasteiger partial charge in [0.25, 0.3) is 0 Å². The van der Waals surface area contributed by atoms with Gasteiger partial charge in [0.2, 0.25) is 0 Å². The largest absolute Gasteiger partial charge is 0.465 e. The molecule has 0 atom stereocenters. The van der Waals surface area contributed by atoms with Crippen molar-refractivity contribution >= 4 is 12.0 Å². The third-order valence-electron chi connectivity index (χ3n) is 1.46. The summed E-state index contributed by atoms with van der Waals surface area (Å²) in [6.07, 6.45) is 1.31. The normalized spacial score (nSPS) is 10.8. The molecule has 5 nitrogen and oxygen atoms in total. The highest BCUT2D eigenvalue weighted by atomic mass is 16.5. The molecule has 0 aliphatic rings. The van der Waals surface area contributed by atoms with Crippen LogP contribution in [0.2, 0.25) is 0 Å². The van der Waals surface area contributed by atoms with Crippen LogP contribution in [0.15, 0.2) is 16.2 Å². The Hall–Kier alpha value is -2.09. The molecule has 0 unspecified atom stereocenters. The van der Waals surface area contributed by atoms with Crippen LogP contribution >= 0.6 is 0 Å². The van der Waals surface area contributed by atoms with Crippen LogP contribution in [0.4, 0.5) is 0 Å². The maximum Gasteiger partial charge on any atom is 0.348 e. The van der Waals surface area contributed by atoms with Crippen molar-refractivity contribution in [1.82, 2.24) is 5.16 Å². The quantitative estimate of drug-likeness (QED) is 0.398. The Morgan fingerprint density at radius 3 is 2.93 bits per heavy atom. The lowest BCUT2D eigenvalue weighted by Gasteiger charge is -1.93. The minimum atomic E-state index is -0.687. The predicted molar refractivity (Wildman–Crippen MR) is 46.8 cm³/mol. The van der Waals surface area contributed by atoms with Gasteiger partial charge in [-0.25, -0.2) is 4.79 Å². The van der Waals surface area contributed by atoms with Gasteiger partial charge in [0.05, 0.1) is 7.11 Å². The van der Waals surface area contributed by atoms with Gasteiger partial charge in [-0.05, 0) is 13.0 Å². The van der Waals surface area contributed by atoms with Crippen LogP contribution in [-0.2, 0) is 9.53 Å². The van der Waals surface area contributed by atoms with E-state index in [1.165, 1.54) is 13.2 Å². The van der Waals surface area contributed by atoms with Crippen LogP contribution in [-0.4, -0.2) is 18.2 Å². The second-order valence-electron chi connectivity index (χ2n) is 2.52. The Bertz CT molecular complexity index is 412. The molecule has 72 valence electrons. The summed E-state index contributed by atoms with van der Waals surface area (Å²) in [5, 5.41) is 12.2. The molecule has 14 heavy (non-hydrogen) atoms. The van der Waals surface area contributed by atoms with Crippen molar-refractivity contribution in [3.8, 4) is 6.07 Å². The lowest BCUT2D eigenvalue weighted by molar-refractivity contribution is -0.135. The summed E-state index contributed by atoms with van der Waals surface area (Å²) in [4.78, 5) is 11.0. The molecule has 1 rings (SSSR count). The smallest absolute Gasteiger partial charge is 0.348 e. The molecule has 0 aromatic carbocycles. The first-order valence-corrected chi connectivity index (χ1v) is 3.81. The number of hydrogen-bond acceptors (Lipinski definition) is 5. The average molecular weight is 192 g/mol. The Morgan fingerprint density at radius 1 is 1.79 bits per heavy atom. The van der Waals surface area contributed by atoms with Crippen LogP contribution in [0.5, 0.6) is 0 Å². The Balaban J connectivity index is 2.96. The van der Waals surface area contributed by atoms with Gasteiger partial charge in [-0.15, -0.1) is 0 Å². The highest BCUT2D eigenvalue weighted by Crippen LogP contribution is 2.07. The SMILES string of the molecule is COC(=O)/C(C#N)=C\c1cc(C)on1. The molecule has 0 saturated heterocycles. The van der Waals surface area contributed by atoms with Crippen molar-refractivity contribution in [3.63, 3.8) is 0 Å². The van der Waals surface area contributed by atoms with Gasteiger partial charge in [0.15, 0.2) is 0 Å².